The number of H-pyrrole nitrogens is 1. The van der Waals surface area contributed by atoms with E-state index in [4.69, 9.17) is 9.31 Å². The first-order valence-corrected chi connectivity index (χ1v) is 9.61. The van der Waals surface area contributed by atoms with E-state index in [1.807, 2.05) is 65.9 Å². The molecule has 0 spiro atoms. The number of hydrogen-bond acceptors (Lipinski definition) is 3. The first-order valence-electron chi connectivity index (χ1n) is 9.61. The van der Waals surface area contributed by atoms with Crippen LogP contribution in [0.4, 0.5) is 4.39 Å². The first-order chi connectivity index (χ1) is 13.0. The lowest BCUT2D eigenvalue weighted by Gasteiger charge is -2.32. The lowest BCUT2D eigenvalue weighted by Crippen LogP contribution is -2.41. The normalized spacial score (nSPS) is 18.8. The van der Waals surface area contributed by atoms with Gasteiger partial charge in [-0.3, -0.25) is 0 Å². The Morgan fingerprint density at radius 1 is 1.04 bits per heavy atom. The zero-order chi connectivity index (χ0) is 20.3. The highest BCUT2D eigenvalue weighted by Crippen LogP contribution is 2.38. The van der Waals surface area contributed by atoms with Crippen molar-refractivity contribution in [3.63, 3.8) is 0 Å². The Kier molecular flexibility index (Phi) is 4.21. The average Bonchev–Trinajstić information content (AvgIpc) is 3.13. The summed E-state index contributed by atoms with van der Waals surface area (Å²) < 4.78 is 26.9. The Balaban J connectivity index is 1.79. The van der Waals surface area contributed by atoms with E-state index in [0.29, 0.717) is 5.56 Å². The fraction of sp³-hybridized carbons (Fsp3) is 0.409. The van der Waals surface area contributed by atoms with Crippen LogP contribution in [0.2, 0.25) is 0 Å². The van der Waals surface area contributed by atoms with Crippen LogP contribution >= 0.6 is 0 Å². The minimum absolute atomic E-state index is 0.211. The van der Waals surface area contributed by atoms with Crippen LogP contribution in [-0.2, 0) is 14.7 Å². The molecule has 0 atom stereocenters. The second kappa shape index (κ2) is 6.16. The summed E-state index contributed by atoms with van der Waals surface area (Å²) in [5.41, 5.74) is 1.89. The van der Waals surface area contributed by atoms with E-state index in [-0.39, 0.29) is 5.82 Å². The van der Waals surface area contributed by atoms with E-state index in [2.05, 4.69) is 9.97 Å². The molecule has 1 fully saturated rings. The zero-order valence-electron chi connectivity index (χ0n) is 17.3. The molecule has 0 bridgehead atoms. The maximum absolute atomic E-state index is 14.5. The predicted octanol–water partition coefficient (Wildman–Crippen LogP) is 4.33. The van der Waals surface area contributed by atoms with Gasteiger partial charge in [-0.05, 0) is 51.0 Å². The molecule has 2 aromatic heterocycles. The molecule has 0 unspecified atom stereocenters. The monoisotopic (exact) mass is 380 g/mol. The van der Waals surface area contributed by atoms with Crippen molar-refractivity contribution in [2.45, 2.75) is 58.2 Å². The van der Waals surface area contributed by atoms with E-state index in [1.54, 1.807) is 12.3 Å². The molecule has 0 radical (unpaired) electrons. The van der Waals surface area contributed by atoms with E-state index >= 15 is 0 Å². The molecule has 4 rings (SSSR count). The van der Waals surface area contributed by atoms with Crippen molar-refractivity contribution in [2.24, 2.45) is 0 Å². The Morgan fingerprint density at radius 2 is 1.68 bits per heavy atom. The Labute approximate surface area is 165 Å². The number of rotatable bonds is 3. The number of aromatic nitrogens is 2. The van der Waals surface area contributed by atoms with Gasteiger partial charge in [-0.15, -0.1) is 0 Å². The molecule has 4 nitrogen and oxygen atoms in total. The number of fused-ring (bicyclic) bond motifs is 1. The summed E-state index contributed by atoms with van der Waals surface area (Å²) in [7, 11) is -0.485. The van der Waals surface area contributed by atoms with Gasteiger partial charge < -0.3 is 14.3 Å². The van der Waals surface area contributed by atoms with Crippen LogP contribution < -0.4 is 5.46 Å². The van der Waals surface area contributed by atoms with Crippen molar-refractivity contribution < 1.29 is 13.7 Å². The number of halogens is 1. The average molecular weight is 380 g/mol. The standard InChI is InChI=1S/C22H26BFN2O2/c1-20(2,16-9-7-8-10-18(16)24)17-13-26-19-15(17)11-14(12-25-19)23-27-21(3,4)22(5,6)28-23/h7-13H,1-6H3,(H,25,26). The van der Waals surface area contributed by atoms with Crippen molar-refractivity contribution in [1.29, 1.82) is 0 Å². The molecule has 1 aliphatic rings. The molecule has 0 saturated carbocycles. The molecule has 1 saturated heterocycles. The van der Waals surface area contributed by atoms with Gasteiger partial charge in [0, 0.05) is 28.7 Å². The van der Waals surface area contributed by atoms with Crippen LogP contribution in [0, 0.1) is 5.82 Å². The lowest BCUT2D eigenvalue weighted by atomic mass is 9.76. The maximum Gasteiger partial charge on any atom is 0.496 e. The molecular weight excluding hydrogens is 354 g/mol. The number of hydrogen-bond donors (Lipinski definition) is 1. The fourth-order valence-corrected chi connectivity index (χ4v) is 3.76. The smallest absolute Gasteiger partial charge is 0.399 e. The molecule has 0 amide bonds. The quantitative estimate of drug-likeness (QED) is 0.689. The topological polar surface area (TPSA) is 47.1 Å². The summed E-state index contributed by atoms with van der Waals surface area (Å²) in [4.78, 5) is 7.78. The lowest BCUT2D eigenvalue weighted by molar-refractivity contribution is 0.00578. The Bertz CT molecular complexity index is 1030. The van der Waals surface area contributed by atoms with Gasteiger partial charge in [-0.25, -0.2) is 9.37 Å². The summed E-state index contributed by atoms with van der Waals surface area (Å²) in [6.07, 6.45) is 3.69. The molecule has 1 aliphatic heterocycles. The highest BCUT2D eigenvalue weighted by atomic mass is 19.1. The number of nitrogens with one attached hydrogen (secondary N) is 1. The van der Waals surface area contributed by atoms with Crippen LogP contribution in [-0.4, -0.2) is 28.3 Å². The highest BCUT2D eigenvalue weighted by molar-refractivity contribution is 6.62. The summed E-state index contributed by atoms with van der Waals surface area (Å²) in [5, 5.41) is 0.945. The van der Waals surface area contributed by atoms with Gasteiger partial charge in [0.15, 0.2) is 0 Å². The molecule has 1 N–H and O–H groups in total. The Morgan fingerprint density at radius 3 is 2.32 bits per heavy atom. The summed E-state index contributed by atoms with van der Waals surface area (Å²) in [5.74, 6) is -0.211. The van der Waals surface area contributed by atoms with Crippen LogP contribution in [0.15, 0.2) is 42.7 Å². The van der Waals surface area contributed by atoms with Crippen molar-refractivity contribution in [2.75, 3.05) is 0 Å². The van der Waals surface area contributed by atoms with Gasteiger partial charge >= 0.3 is 7.12 Å². The molecule has 6 heteroatoms. The summed E-state index contributed by atoms with van der Waals surface area (Å²) in [6.45, 7) is 12.2. The highest BCUT2D eigenvalue weighted by Gasteiger charge is 2.52. The minimum atomic E-state index is -0.528. The summed E-state index contributed by atoms with van der Waals surface area (Å²) >= 11 is 0. The second-order valence-corrected chi connectivity index (χ2v) is 9.06. The van der Waals surface area contributed by atoms with Gasteiger partial charge in [0.25, 0.3) is 0 Å². The molecular formula is C22H26BFN2O2. The predicted molar refractivity (Wildman–Crippen MR) is 110 cm³/mol. The summed E-state index contributed by atoms with van der Waals surface area (Å²) in [6, 6.07) is 8.95. The van der Waals surface area contributed by atoms with Gasteiger partial charge in [0.05, 0.1) is 11.2 Å². The molecule has 0 aliphatic carbocycles. The third-order valence-electron chi connectivity index (χ3n) is 6.30. The minimum Gasteiger partial charge on any atom is -0.399 e. The van der Waals surface area contributed by atoms with Gasteiger partial charge in [-0.1, -0.05) is 32.0 Å². The van der Waals surface area contributed by atoms with Crippen molar-refractivity contribution >= 4 is 23.6 Å². The molecule has 3 aromatic rings. The zero-order valence-corrected chi connectivity index (χ0v) is 17.3. The largest absolute Gasteiger partial charge is 0.496 e. The number of aromatic amines is 1. The third-order valence-corrected chi connectivity index (χ3v) is 6.30. The molecule has 28 heavy (non-hydrogen) atoms. The van der Waals surface area contributed by atoms with Gasteiger partial charge in [-0.2, -0.15) is 0 Å². The number of benzene rings is 1. The maximum atomic E-state index is 14.5. The van der Waals surface area contributed by atoms with E-state index in [0.717, 1.165) is 22.1 Å². The van der Waals surface area contributed by atoms with E-state index in [1.165, 1.54) is 6.07 Å². The van der Waals surface area contributed by atoms with Crippen molar-refractivity contribution in [3.05, 3.63) is 59.7 Å². The number of pyridine rings is 1. The third kappa shape index (κ3) is 2.86. The van der Waals surface area contributed by atoms with Crippen molar-refractivity contribution in [1.82, 2.24) is 9.97 Å². The Hall–Kier alpha value is -2.18. The van der Waals surface area contributed by atoms with Gasteiger partial charge in [0.1, 0.15) is 11.5 Å². The van der Waals surface area contributed by atoms with Crippen molar-refractivity contribution in [3.8, 4) is 0 Å². The second-order valence-electron chi connectivity index (χ2n) is 9.06. The van der Waals surface area contributed by atoms with E-state index in [9.17, 15) is 4.39 Å². The van der Waals surface area contributed by atoms with Crippen LogP contribution in [0.3, 0.4) is 0 Å². The molecule has 1 aromatic carbocycles. The SMILES string of the molecule is CC(C)(c1ccccc1F)c1c[nH]c2ncc(B3OC(C)(C)C(C)(C)O3)cc12. The molecule has 3 heterocycles. The van der Waals surface area contributed by atoms with Crippen LogP contribution in [0.25, 0.3) is 11.0 Å². The van der Waals surface area contributed by atoms with E-state index < -0.39 is 23.7 Å². The molecule has 146 valence electrons. The van der Waals surface area contributed by atoms with Gasteiger partial charge in [0.2, 0.25) is 0 Å². The van der Waals surface area contributed by atoms with Crippen LogP contribution in [0.5, 0.6) is 0 Å². The fourth-order valence-electron chi connectivity index (χ4n) is 3.76. The number of nitrogens with zero attached hydrogens (tertiary/aromatic N) is 1. The first kappa shape index (κ1) is 19.2. The van der Waals surface area contributed by atoms with Crippen LogP contribution in [0.1, 0.15) is 52.7 Å².